The summed E-state index contributed by atoms with van der Waals surface area (Å²) in [7, 11) is 1.61. The molecule has 0 spiro atoms. The lowest BCUT2D eigenvalue weighted by Crippen LogP contribution is -2.09. The molecule has 2 aromatic carbocycles. The van der Waals surface area contributed by atoms with Crippen molar-refractivity contribution in [3.63, 3.8) is 0 Å². The maximum Gasteiger partial charge on any atom is 0.319 e. The number of aromatic amines is 1. The second kappa shape index (κ2) is 7.90. The number of rotatable bonds is 7. The van der Waals surface area contributed by atoms with E-state index < -0.39 is 0 Å². The number of methoxy groups -OCH3 is 1. The lowest BCUT2D eigenvalue weighted by Gasteiger charge is -2.12. The molecule has 28 heavy (non-hydrogen) atoms. The molecule has 0 amide bonds. The minimum atomic E-state index is 0.265. The number of H-pyrrole nitrogens is 1. The molecule has 0 unspecified atom stereocenters. The lowest BCUT2D eigenvalue weighted by molar-refractivity contribution is 0.141. The van der Waals surface area contributed by atoms with Gasteiger partial charge in [-0.3, -0.25) is 0 Å². The molecular formula is C20H18N6O2. The Morgan fingerprint density at radius 3 is 2.86 bits per heavy atom. The van der Waals surface area contributed by atoms with Crippen LogP contribution in [0.15, 0.2) is 42.7 Å². The Morgan fingerprint density at radius 1 is 1.11 bits per heavy atom. The number of imidazole rings is 1. The van der Waals surface area contributed by atoms with Crippen molar-refractivity contribution in [2.45, 2.75) is 6.54 Å². The van der Waals surface area contributed by atoms with Crippen molar-refractivity contribution < 1.29 is 9.47 Å². The van der Waals surface area contributed by atoms with Gasteiger partial charge in [0.05, 0.1) is 41.1 Å². The lowest BCUT2D eigenvalue weighted by atomic mass is 10.1. The SMILES string of the molecule is COCCOc1nc(NCc2ccc3nc[nH]c3c2)c2cc(C#N)ccc2n1. The Balaban J connectivity index is 1.64. The molecular weight excluding hydrogens is 356 g/mol. The summed E-state index contributed by atoms with van der Waals surface area (Å²) >= 11 is 0. The molecule has 2 N–H and O–H groups in total. The van der Waals surface area contributed by atoms with Crippen molar-refractivity contribution in [2.24, 2.45) is 0 Å². The topological polar surface area (TPSA) is 109 Å². The van der Waals surface area contributed by atoms with Crippen molar-refractivity contribution in [1.82, 2.24) is 19.9 Å². The molecule has 0 aliphatic heterocycles. The van der Waals surface area contributed by atoms with Crippen LogP contribution in [-0.4, -0.2) is 40.3 Å². The van der Waals surface area contributed by atoms with Crippen molar-refractivity contribution in [3.8, 4) is 12.1 Å². The quantitative estimate of drug-likeness (QED) is 0.479. The van der Waals surface area contributed by atoms with Gasteiger partial charge in [-0.1, -0.05) is 6.07 Å². The molecule has 8 nitrogen and oxygen atoms in total. The Bertz CT molecular complexity index is 1160. The van der Waals surface area contributed by atoms with E-state index in [4.69, 9.17) is 9.47 Å². The van der Waals surface area contributed by atoms with Crippen molar-refractivity contribution in [1.29, 1.82) is 5.26 Å². The summed E-state index contributed by atoms with van der Waals surface area (Å²) in [4.78, 5) is 16.2. The number of nitriles is 1. The standard InChI is InChI=1S/C20H18N6O2/c1-27-6-7-28-20-25-16-4-2-13(10-21)8-15(16)19(26-20)22-11-14-3-5-17-18(9-14)24-12-23-17/h2-5,8-9,12H,6-7,11H2,1H3,(H,23,24)(H,22,25,26). The number of nitrogens with zero attached hydrogens (tertiary/aromatic N) is 4. The maximum atomic E-state index is 9.21. The third-order valence-electron chi connectivity index (χ3n) is 4.27. The van der Waals surface area contributed by atoms with E-state index in [-0.39, 0.29) is 6.01 Å². The van der Waals surface area contributed by atoms with Crippen LogP contribution in [0.5, 0.6) is 6.01 Å². The fraction of sp³-hybridized carbons (Fsp3) is 0.200. The molecule has 0 saturated carbocycles. The molecule has 0 atom stereocenters. The van der Waals surface area contributed by atoms with Crippen LogP contribution < -0.4 is 10.1 Å². The minimum absolute atomic E-state index is 0.265. The van der Waals surface area contributed by atoms with Gasteiger partial charge in [0.15, 0.2) is 0 Å². The highest BCUT2D eigenvalue weighted by molar-refractivity contribution is 5.90. The second-order valence-corrected chi connectivity index (χ2v) is 6.15. The Hall–Kier alpha value is -3.70. The zero-order valence-electron chi connectivity index (χ0n) is 15.3. The van der Waals surface area contributed by atoms with Crippen LogP contribution in [0.2, 0.25) is 0 Å². The van der Waals surface area contributed by atoms with E-state index >= 15 is 0 Å². The zero-order chi connectivity index (χ0) is 19.3. The molecule has 2 aromatic heterocycles. The van der Waals surface area contributed by atoms with Crippen LogP contribution in [0.1, 0.15) is 11.1 Å². The van der Waals surface area contributed by atoms with E-state index in [9.17, 15) is 5.26 Å². The number of fused-ring (bicyclic) bond motifs is 2. The number of anilines is 1. The summed E-state index contributed by atoms with van der Waals surface area (Å²) in [6.07, 6.45) is 1.67. The summed E-state index contributed by atoms with van der Waals surface area (Å²) in [6.45, 7) is 1.35. The summed E-state index contributed by atoms with van der Waals surface area (Å²) < 4.78 is 10.6. The summed E-state index contributed by atoms with van der Waals surface area (Å²) in [5, 5.41) is 13.3. The predicted octanol–water partition coefficient (Wildman–Crippen LogP) is 3.02. The van der Waals surface area contributed by atoms with E-state index in [2.05, 4.69) is 31.3 Å². The summed E-state index contributed by atoms with van der Waals surface area (Å²) in [5.41, 5.74) is 4.21. The van der Waals surface area contributed by atoms with E-state index in [1.54, 1.807) is 31.6 Å². The highest BCUT2D eigenvalue weighted by Gasteiger charge is 2.10. The molecule has 0 fully saturated rings. The fourth-order valence-electron chi connectivity index (χ4n) is 2.87. The Morgan fingerprint density at radius 2 is 2.00 bits per heavy atom. The Kier molecular flexibility index (Phi) is 4.99. The molecule has 0 radical (unpaired) electrons. The van der Waals surface area contributed by atoms with E-state index in [1.807, 2.05) is 18.2 Å². The molecule has 0 saturated heterocycles. The smallest absolute Gasteiger partial charge is 0.319 e. The van der Waals surface area contributed by atoms with Crippen LogP contribution in [0.4, 0.5) is 5.82 Å². The van der Waals surface area contributed by atoms with Gasteiger partial charge < -0.3 is 19.8 Å². The normalized spacial score (nSPS) is 10.9. The first-order valence-corrected chi connectivity index (χ1v) is 8.76. The third kappa shape index (κ3) is 3.70. The Labute approximate surface area is 161 Å². The molecule has 4 aromatic rings. The molecule has 0 aliphatic carbocycles. The number of hydrogen-bond donors (Lipinski definition) is 2. The predicted molar refractivity (Wildman–Crippen MR) is 105 cm³/mol. The van der Waals surface area contributed by atoms with Crippen LogP contribution in [0.25, 0.3) is 21.9 Å². The van der Waals surface area contributed by atoms with Crippen molar-refractivity contribution in [2.75, 3.05) is 25.6 Å². The van der Waals surface area contributed by atoms with Gasteiger partial charge in [-0.05, 0) is 35.9 Å². The number of nitrogens with one attached hydrogen (secondary N) is 2. The van der Waals surface area contributed by atoms with Crippen LogP contribution in [-0.2, 0) is 11.3 Å². The van der Waals surface area contributed by atoms with Crippen LogP contribution >= 0.6 is 0 Å². The third-order valence-corrected chi connectivity index (χ3v) is 4.27. The highest BCUT2D eigenvalue weighted by atomic mass is 16.5. The summed E-state index contributed by atoms with van der Waals surface area (Å²) in [5.74, 6) is 0.610. The number of ether oxygens (including phenoxy) is 2. The fourth-order valence-corrected chi connectivity index (χ4v) is 2.87. The van der Waals surface area contributed by atoms with Gasteiger partial charge in [-0.2, -0.15) is 15.2 Å². The molecule has 8 heteroatoms. The molecule has 0 aliphatic rings. The minimum Gasteiger partial charge on any atom is -0.461 e. The van der Waals surface area contributed by atoms with Gasteiger partial charge in [0.25, 0.3) is 0 Å². The monoisotopic (exact) mass is 374 g/mol. The van der Waals surface area contributed by atoms with Crippen LogP contribution in [0.3, 0.4) is 0 Å². The zero-order valence-corrected chi connectivity index (χ0v) is 15.3. The van der Waals surface area contributed by atoms with Gasteiger partial charge in [0.2, 0.25) is 0 Å². The van der Waals surface area contributed by atoms with Gasteiger partial charge in [-0.25, -0.2) is 4.98 Å². The molecule has 140 valence electrons. The number of hydrogen-bond acceptors (Lipinski definition) is 7. The largest absolute Gasteiger partial charge is 0.461 e. The first-order chi connectivity index (χ1) is 13.8. The molecule has 2 heterocycles. The average Bonchev–Trinajstić information content (AvgIpc) is 3.19. The highest BCUT2D eigenvalue weighted by Crippen LogP contribution is 2.25. The first-order valence-electron chi connectivity index (χ1n) is 8.76. The molecule has 4 rings (SSSR count). The van der Waals surface area contributed by atoms with Crippen molar-refractivity contribution >= 4 is 27.8 Å². The number of aromatic nitrogens is 4. The van der Waals surface area contributed by atoms with Gasteiger partial charge >= 0.3 is 6.01 Å². The average molecular weight is 374 g/mol. The van der Waals surface area contributed by atoms with E-state index in [0.29, 0.717) is 36.7 Å². The van der Waals surface area contributed by atoms with Crippen LogP contribution in [0, 0.1) is 11.3 Å². The van der Waals surface area contributed by atoms with Gasteiger partial charge in [0.1, 0.15) is 12.4 Å². The molecule has 0 bridgehead atoms. The van der Waals surface area contributed by atoms with E-state index in [1.165, 1.54) is 0 Å². The number of benzene rings is 2. The van der Waals surface area contributed by atoms with E-state index in [0.717, 1.165) is 22.0 Å². The summed E-state index contributed by atoms with van der Waals surface area (Å²) in [6, 6.07) is 13.7. The first kappa shape index (κ1) is 17.7. The maximum absolute atomic E-state index is 9.21. The second-order valence-electron chi connectivity index (χ2n) is 6.15. The van der Waals surface area contributed by atoms with Crippen molar-refractivity contribution in [3.05, 3.63) is 53.9 Å². The van der Waals surface area contributed by atoms with Gasteiger partial charge in [-0.15, -0.1) is 0 Å². The van der Waals surface area contributed by atoms with Gasteiger partial charge in [0, 0.05) is 19.0 Å².